The molecule has 0 aromatic carbocycles. The lowest BCUT2D eigenvalue weighted by Gasteiger charge is -2.04. The molecule has 0 aliphatic carbocycles. The average Bonchev–Trinajstić information content (AvgIpc) is 2.38. The van der Waals surface area contributed by atoms with Gasteiger partial charge in [0.15, 0.2) is 5.69 Å². The molecule has 0 fully saturated rings. The molecule has 0 bridgehead atoms. The highest BCUT2D eigenvalue weighted by Crippen LogP contribution is 2.22. The van der Waals surface area contributed by atoms with Crippen LogP contribution in [0.1, 0.15) is 16.1 Å². The summed E-state index contributed by atoms with van der Waals surface area (Å²) in [5, 5.41) is 8.98. The zero-order chi connectivity index (χ0) is 12.1. The van der Waals surface area contributed by atoms with E-state index in [1.54, 1.807) is 36.3 Å². The number of carboxylic acids is 1. The van der Waals surface area contributed by atoms with Crippen molar-refractivity contribution in [2.75, 3.05) is 0 Å². The molecule has 0 radical (unpaired) electrons. The molecule has 0 saturated heterocycles. The van der Waals surface area contributed by atoms with Crippen molar-refractivity contribution in [1.82, 2.24) is 9.97 Å². The van der Waals surface area contributed by atoms with E-state index in [1.165, 1.54) is 6.20 Å². The molecular formula is C12H10N2O2S. The molecule has 0 aliphatic heterocycles. The molecular weight excluding hydrogens is 236 g/mol. The van der Waals surface area contributed by atoms with Crippen LogP contribution < -0.4 is 0 Å². The van der Waals surface area contributed by atoms with Gasteiger partial charge in [-0.2, -0.15) is 0 Å². The monoisotopic (exact) mass is 246 g/mol. The van der Waals surface area contributed by atoms with Gasteiger partial charge >= 0.3 is 5.97 Å². The predicted octanol–water partition coefficient (Wildman–Crippen LogP) is 2.47. The Labute approximate surface area is 103 Å². The molecule has 0 saturated carbocycles. The zero-order valence-electron chi connectivity index (χ0n) is 8.91. The third-order valence-corrected chi connectivity index (χ3v) is 3.20. The molecule has 1 N–H and O–H groups in total. The van der Waals surface area contributed by atoms with Crippen LogP contribution in [0, 0.1) is 0 Å². The first-order chi connectivity index (χ1) is 8.27. The van der Waals surface area contributed by atoms with Gasteiger partial charge in [-0.1, -0.05) is 6.07 Å². The zero-order valence-corrected chi connectivity index (χ0v) is 9.72. The first-order valence-electron chi connectivity index (χ1n) is 4.97. The maximum atomic E-state index is 11.0. The number of carbonyl (C=O) groups is 1. The van der Waals surface area contributed by atoms with E-state index in [1.807, 2.05) is 12.1 Å². The van der Waals surface area contributed by atoms with Crippen molar-refractivity contribution < 1.29 is 9.90 Å². The third kappa shape index (κ3) is 3.04. The van der Waals surface area contributed by atoms with Crippen LogP contribution in [0.3, 0.4) is 0 Å². The molecule has 4 nitrogen and oxygen atoms in total. The normalized spacial score (nSPS) is 10.1. The standard InChI is InChI=1S/C12H10N2O2S/c15-12(16)11-9(2-1-5-14-11)8-17-10-3-6-13-7-4-10/h1-7H,8H2,(H,15,16). The number of pyridine rings is 2. The summed E-state index contributed by atoms with van der Waals surface area (Å²) in [6, 6.07) is 7.31. The fourth-order valence-corrected chi connectivity index (χ4v) is 2.21. The number of rotatable bonds is 4. The van der Waals surface area contributed by atoms with Crippen LogP contribution in [0.4, 0.5) is 0 Å². The lowest BCUT2D eigenvalue weighted by Crippen LogP contribution is -2.04. The minimum atomic E-state index is -0.990. The van der Waals surface area contributed by atoms with Gasteiger partial charge in [0.2, 0.25) is 0 Å². The number of carboxylic acid groups (broad SMARTS) is 1. The van der Waals surface area contributed by atoms with Gasteiger partial charge in [0, 0.05) is 29.2 Å². The fourth-order valence-electron chi connectivity index (χ4n) is 1.34. The summed E-state index contributed by atoms with van der Waals surface area (Å²) in [4.78, 5) is 19.8. The van der Waals surface area contributed by atoms with Crippen LogP contribution in [0.2, 0.25) is 0 Å². The van der Waals surface area contributed by atoms with E-state index in [-0.39, 0.29) is 5.69 Å². The van der Waals surface area contributed by atoms with Crippen LogP contribution in [0.5, 0.6) is 0 Å². The minimum Gasteiger partial charge on any atom is -0.477 e. The Hall–Kier alpha value is -1.88. The number of aromatic carboxylic acids is 1. The summed E-state index contributed by atoms with van der Waals surface area (Å²) in [5.41, 5.74) is 0.843. The Kier molecular flexibility index (Phi) is 3.72. The molecule has 0 aliphatic rings. The van der Waals surface area contributed by atoms with Crippen LogP contribution in [0.25, 0.3) is 0 Å². The van der Waals surface area contributed by atoms with Crippen molar-refractivity contribution in [1.29, 1.82) is 0 Å². The number of nitrogens with zero attached hydrogens (tertiary/aromatic N) is 2. The van der Waals surface area contributed by atoms with Crippen molar-refractivity contribution in [2.24, 2.45) is 0 Å². The van der Waals surface area contributed by atoms with E-state index in [0.717, 1.165) is 10.5 Å². The first-order valence-corrected chi connectivity index (χ1v) is 5.96. The highest BCUT2D eigenvalue weighted by Gasteiger charge is 2.10. The van der Waals surface area contributed by atoms with Crippen LogP contribution in [-0.2, 0) is 5.75 Å². The quantitative estimate of drug-likeness (QED) is 0.839. The molecule has 0 amide bonds. The molecule has 2 aromatic heterocycles. The average molecular weight is 246 g/mol. The predicted molar refractivity (Wildman–Crippen MR) is 65.0 cm³/mol. The number of hydrogen-bond acceptors (Lipinski definition) is 4. The van der Waals surface area contributed by atoms with Crippen LogP contribution in [-0.4, -0.2) is 21.0 Å². The van der Waals surface area contributed by atoms with Gasteiger partial charge in [-0.25, -0.2) is 9.78 Å². The van der Waals surface area contributed by atoms with E-state index in [9.17, 15) is 4.79 Å². The summed E-state index contributed by atoms with van der Waals surface area (Å²) in [6.07, 6.45) is 4.91. The van der Waals surface area contributed by atoms with Crippen LogP contribution >= 0.6 is 11.8 Å². The second-order valence-electron chi connectivity index (χ2n) is 3.29. The van der Waals surface area contributed by atoms with E-state index >= 15 is 0 Å². The van der Waals surface area contributed by atoms with Gasteiger partial charge in [0.25, 0.3) is 0 Å². The molecule has 86 valence electrons. The minimum absolute atomic E-state index is 0.119. The number of hydrogen-bond donors (Lipinski definition) is 1. The van der Waals surface area contributed by atoms with E-state index in [2.05, 4.69) is 9.97 Å². The van der Waals surface area contributed by atoms with E-state index in [0.29, 0.717) is 5.75 Å². The summed E-state index contributed by atoms with van der Waals surface area (Å²) in [5.74, 6) is -0.407. The Morgan fingerprint density at radius 3 is 2.71 bits per heavy atom. The number of aromatic nitrogens is 2. The van der Waals surface area contributed by atoms with Crippen molar-refractivity contribution in [2.45, 2.75) is 10.6 Å². The molecule has 2 heterocycles. The van der Waals surface area contributed by atoms with Gasteiger partial charge in [0.05, 0.1) is 0 Å². The highest BCUT2D eigenvalue weighted by molar-refractivity contribution is 7.98. The Balaban J connectivity index is 2.12. The van der Waals surface area contributed by atoms with Crippen molar-refractivity contribution >= 4 is 17.7 Å². The molecule has 17 heavy (non-hydrogen) atoms. The largest absolute Gasteiger partial charge is 0.477 e. The number of thioether (sulfide) groups is 1. The maximum Gasteiger partial charge on any atom is 0.354 e. The smallest absolute Gasteiger partial charge is 0.354 e. The van der Waals surface area contributed by atoms with Gasteiger partial charge in [-0.05, 0) is 23.8 Å². The van der Waals surface area contributed by atoms with E-state index in [4.69, 9.17) is 5.11 Å². The molecule has 2 rings (SSSR count). The Bertz CT molecular complexity index is 517. The van der Waals surface area contributed by atoms with Gasteiger partial charge < -0.3 is 5.11 Å². The summed E-state index contributed by atoms with van der Waals surface area (Å²) in [6.45, 7) is 0. The lowest BCUT2D eigenvalue weighted by molar-refractivity contribution is 0.0689. The van der Waals surface area contributed by atoms with Gasteiger partial charge in [0.1, 0.15) is 0 Å². The Morgan fingerprint density at radius 1 is 1.24 bits per heavy atom. The fraction of sp³-hybridized carbons (Fsp3) is 0.0833. The topological polar surface area (TPSA) is 63.1 Å². The van der Waals surface area contributed by atoms with Gasteiger partial charge in [-0.3, -0.25) is 4.98 Å². The van der Waals surface area contributed by atoms with Crippen LogP contribution in [0.15, 0.2) is 47.8 Å². The summed E-state index contributed by atoms with van der Waals surface area (Å²) >= 11 is 1.56. The van der Waals surface area contributed by atoms with Crippen molar-refractivity contribution in [3.8, 4) is 0 Å². The molecule has 0 atom stereocenters. The molecule has 0 unspecified atom stereocenters. The second-order valence-corrected chi connectivity index (χ2v) is 4.34. The molecule has 2 aromatic rings. The first kappa shape index (κ1) is 11.6. The van der Waals surface area contributed by atoms with Crippen molar-refractivity contribution in [3.63, 3.8) is 0 Å². The third-order valence-electron chi connectivity index (χ3n) is 2.14. The maximum absolute atomic E-state index is 11.0. The second kappa shape index (κ2) is 5.45. The van der Waals surface area contributed by atoms with Gasteiger partial charge in [-0.15, -0.1) is 11.8 Å². The summed E-state index contributed by atoms with van der Waals surface area (Å²) in [7, 11) is 0. The SMILES string of the molecule is O=C(O)c1ncccc1CSc1ccncc1. The highest BCUT2D eigenvalue weighted by atomic mass is 32.2. The Morgan fingerprint density at radius 2 is 2.00 bits per heavy atom. The van der Waals surface area contributed by atoms with Crippen molar-refractivity contribution in [3.05, 3.63) is 54.1 Å². The lowest BCUT2D eigenvalue weighted by atomic mass is 10.2. The molecule has 5 heteroatoms. The van der Waals surface area contributed by atoms with E-state index < -0.39 is 5.97 Å². The summed E-state index contributed by atoms with van der Waals surface area (Å²) < 4.78 is 0. The molecule has 0 spiro atoms.